The van der Waals surface area contributed by atoms with Crippen molar-refractivity contribution in [3.05, 3.63) is 0 Å². The van der Waals surface area contributed by atoms with E-state index >= 15 is 0 Å². The maximum absolute atomic E-state index is 3.95. The van der Waals surface area contributed by atoms with Gasteiger partial charge in [-0.3, -0.25) is 0 Å². The van der Waals surface area contributed by atoms with Gasteiger partial charge in [-0.1, -0.05) is 0 Å². The minimum atomic E-state index is 0.242. The lowest BCUT2D eigenvalue weighted by atomic mass is 10.1. The molecule has 0 amide bonds. The highest BCUT2D eigenvalue weighted by Gasteiger charge is 2.17. The van der Waals surface area contributed by atoms with Gasteiger partial charge in [-0.2, -0.15) is 0 Å². The third-order valence-corrected chi connectivity index (χ3v) is 2.11. The summed E-state index contributed by atoms with van der Waals surface area (Å²) in [4.78, 5) is 0. The molecule has 1 aliphatic heterocycles. The Bertz CT molecular complexity index is 109. The zero-order valence-corrected chi connectivity index (χ0v) is 5.96. The van der Waals surface area contributed by atoms with Crippen molar-refractivity contribution in [2.45, 2.75) is 19.4 Å². The van der Waals surface area contributed by atoms with E-state index < -0.39 is 0 Å². The summed E-state index contributed by atoms with van der Waals surface area (Å²) in [6, 6.07) is 0. The molecular formula is C5H10N2S. The molecule has 0 saturated carbocycles. The lowest BCUT2D eigenvalue weighted by molar-refractivity contribution is 0.524. The molecule has 1 N–H and O–H groups in total. The molecule has 0 aromatic heterocycles. The van der Waals surface area contributed by atoms with Gasteiger partial charge in [-0.05, 0) is 25.8 Å². The van der Waals surface area contributed by atoms with Gasteiger partial charge in [0.15, 0.2) is 0 Å². The second kappa shape index (κ2) is 1.97. The van der Waals surface area contributed by atoms with Gasteiger partial charge < -0.3 is 5.32 Å². The van der Waals surface area contributed by atoms with Crippen LogP contribution in [0.4, 0.5) is 0 Å². The Kier molecular flexibility index (Phi) is 1.47. The Labute approximate surface area is 53.9 Å². The SMILES string of the molecule is CC1(C)CSN=CN1. The van der Waals surface area contributed by atoms with Crippen LogP contribution in [0.15, 0.2) is 4.40 Å². The quantitative estimate of drug-likeness (QED) is 0.495. The van der Waals surface area contributed by atoms with E-state index in [0.29, 0.717) is 0 Å². The average molecular weight is 130 g/mol. The van der Waals surface area contributed by atoms with Gasteiger partial charge in [0, 0.05) is 11.3 Å². The molecule has 0 bridgehead atoms. The molecule has 8 heavy (non-hydrogen) atoms. The zero-order chi connectivity index (χ0) is 6.04. The van der Waals surface area contributed by atoms with Gasteiger partial charge in [-0.25, -0.2) is 4.40 Å². The van der Waals surface area contributed by atoms with Crippen LogP contribution in [0.25, 0.3) is 0 Å². The van der Waals surface area contributed by atoms with E-state index in [1.54, 1.807) is 18.3 Å². The molecule has 1 heterocycles. The molecule has 3 heteroatoms. The molecule has 0 aromatic carbocycles. The normalized spacial score (nSPS) is 24.8. The van der Waals surface area contributed by atoms with E-state index in [4.69, 9.17) is 0 Å². The second-order valence-corrected chi connectivity index (χ2v) is 3.29. The first-order valence-corrected chi connectivity index (χ1v) is 3.56. The van der Waals surface area contributed by atoms with Crippen LogP contribution < -0.4 is 5.32 Å². The van der Waals surface area contributed by atoms with Crippen LogP contribution in [-0.4, -0.2) is 17.6 Å². The Balaban J connectivity index is 2.50. The summed E-state index contributed by atoms with van der Waals surface area (Å²) >= 11 is 1.61. The maximum atomic E-state index is 3.95. The Hall–Kier alpha value is -0.180. The van der Waals surface area contributed by atoms with E-state index in [9.17, 15) is 0 Å². The van der Waals surface area contributed by atoms with Gasteiger partial charge in [-0.15, -0.1) is 0 Å². The van der Waals surface area contributed by atoms with Crippen LogP contribution in [0.2, 0.25) is 0 Å². The Morgan fingerprint density at radius 2 is 2.50 bits per heavy atom. The largest absolute Gasteiger partial charge is 0.370 e. The van der Waals surface area contributed by atoms with Crippen molar-refractivity contribution >= 4 is 18.3 Å². The van der Waals surface area contributed by atoms with Crippen molar-refractivity contribution in [1.29, 1.82) is 0 Å². The summed E-state index contributed by atoms with van der Waals surface area (Å²) in [6.45, 7) is 4.32. The lowest BCUT2D eigenvalue weighted by Crippen LogP contribution is -2.42. The minimum absolute atomic E-state index is 0.242. The zero-order valence-electron chi connectivity index (χ0n) is 5.14. The van der Waals surface area contributed by atoms with Crippen molar-refractivity contribution in [1.82, 2.24) is 5.32 Å². The number of rotatable bonds is 0. The van der Waals surface area contributed by atoms with Crippen LogP contribution in [0.3, 0.4) is 0 Å². The predicted octanol–water partition coefficient (Wildman–Crippen LogP) is 1.04. The van der Waals surface area contributed by atoms with Gasteiger partial charge >= 0.3 is 0 Å². The molecule has 0 aromatic rings. The number of nitrogens with zero attached hydrogens (tertiary/aromatic N) is 1. The van der Waals surface area contributed by atoms with Crippen LogP contribution in [0.1, 0.15) is 13.8 Å². The van der Waals surface area contributed by atoms with Crippen LogP contribution in [0, 0.1) is 0 Å². The van der Waals surface area contributed by atoms with Crippen LogP contribution >= 0.6 is 11.9 Å². The summed E-state index contributed by atoms with van der Waals surface area (Å²) < 4.78 is 3.95. The molecule has 1 rings (SSSR count). The van der Waals surface area contributed by atoms with E-state index in [-0.39, 0.29) is 5.54 Å². The smallest absolute Gasteiger partial charge is 0.0968 e. The molecule has 0 saturated heterocycles. The van der Waals surface area contributed by atoms with Gasteiger partial charge in [0.2, 0.25) is 0 Å². The van der Waals surface area contributed by atoms with Gasteiger partial charge in [0.25, 0.3) is 0 Å². The highest BCUT2D eigenvalue weighted by atomic mass is 32.2. The monoisotopic (exact) mass is 130 g/mol. The molecule has 46 valence electrons. The summed E-state index contributed by atoms with van der Waals surface area (Å²) in [5, 5.41) is 3.15. The maximum Gasteiger partial charge on any atom is 0.0968 e. The molecule has 0 aliphatic carbocycles. The van der Waals surface area contributed by atoms with Crippen molar-refractivity contribution in [2.24, 2.45) is 4.40 Å². The predicted molar refractivity (Wildman–Crippen MR) is 38.2 cm³/mol. The Morgan fingerprint density at radius 3 is 2.75 bits per heavy atom. The molecule has 0 radical (unpaired) electrons. The molecule has 2 nitrogen and oxygen atoms in total. The lowest BCUT2D eigenvalue weighted by Gasteiger charge is -2.25. The highest BCUT2D eigenvalue weighted by molar-refractivity contribution is 7.98. The van der Waals surface area contributed by atoms with E-state index in [0.717, 1.165) is 5.75 Å². The summed E-state index contributed by atoms with van der Waals surface area (Å²) in [5.41, 5.74) is 0.242. The topological polar surface area (TPSA) is 24.4 Å². The number of hydrogen-bond acceptors (Lipinski definition) is 3. The van der Waals surface area contributed by atoms with Crippen molar-refractivity contribution in [3.63, 3.8) is 0 Å². The van der Waals surface area contributed by atoms with Crippen molar-refractivity contribution < 1.29 is 0 Å². The summed E-state index contributed by atoms with van der Waals surface area (Å²) in [6.07, 6.45) is 1.76. The molecule has 1 aliphatic rings. The standard InChI is InChI=1S/C5H10N2S/c1-5(2)3-8-7-4-6-5/h4H,3H2,1-2H3,(H,6,7). The first-order valence-electron chi connectivity index (χ1n) is 2.62. The molecular weight excluding hydrogens is 120 g/mol. The van der Waals surface area contributed by atoms with Crippen molar-refractivity contribution in [3.8, 4) is 0 Å². The number of hydrogen-bond donors (Lipinski definition) is 1. The van der Waals surface area contributed by atoms with E-state index in [2.05, 4.69) is 23.6 Å². The molecule has 0 unspecified atom stereocenters. The number of nitrogens with one attached hydrogen (secondary N) is 1. The van der Waals surface area contributed by atoms with Crippen LogP contribution in [0.5, 0.6) is 0 Å². The van der Waals surface area contributed by atoms with Crippen LogP contribution in [-0.2, 0) is 0 Å². The molecule has 0 atom stereocenters. The van der Waals surface area contributed by atoms with Gasteiger partial charge in [0.1, 0.15) is 0 Å². The minimum Gasteiger partial charge on any atom is -0.370 e. The summed E-state index contributed by atoms with van der Waals surface area (Å²) in [5.74, 6) is 1.06. The van der Waals surface area contributed by atoms with Crippen molar-refractivity contribution in [2.75, 3.05) is 5.75 Å². The fraction of sp³-hybridized carbons (Fsp3) is 0.800. The van der Waals surface area contributed by atoms with Gasteiger partial charge in [0.05, 0.1) is 6.34 Å². The third-order valence-electron chi connectivity index (χ3n) is 1.01. The first kappa shape index (κ1) is 5.95. The van der Waals surface area contributed by atoms with E-state index in [1.165, 1.54) is 0 Å². The molecule has 0 fully saturated rings. The average Bonchev–Trinajstić information content (AvgIpc) is 1.65. The second-order valence-electron chi connectivity index (χ2n) is 2.54. The molecule has 0 spiro atoms. The van der Waals surface area contributed by atoms with E-state index in [1.807, 2.05) is 0 Å². The first-order chi connectivity index (χ1) is 3.71. The highest BCUT2D eigenvalue weighted by Crippen LogP contribution is 2.15. The Morgan fingerprint density at radius 1 is 1.75 bits per heavy atom. The third kappa shape index (κ3) is 1.40. The fourth-order valence-electron chi connectivity index (χ4n) is 0.479. The summed E-state index contributed by atoms with van der Waals surface area (Å²) in [7, 11) is 0. The fourth-order valence-corrected chi connectivity index (χ4v) is 1.09.